The van der Waals surface area contributed by atoms with Gasteiger partial charge in [-0.1, -0.05) is 19.8 Å². The number of aliphatic hydroxyl groups excluding tert-OH is 2. The Balaban J connectivity index is 5.90. The van der Waals surface area contributed by atoms with Gasteiger partial charge < -0.3 is 35.5 Å². The quantitative estimate of drug-likeness (QED) is 0.0832. The molecule has 3 unspecified atom stereocenters. The molecule has 0 heterocycles. The molecule has 0 aromatic rings. The number of hydrogen-bond donors (Lipinski definition) is 2. The van der Waals surface area contributed by atoms with Gasteiger partial charge in [-0.2, -0.15) is 0 Å². The Bertz CT molecular complexity index is 746. The second-order valence-electron chi connectivity index (χ2n) is 15.5. The standard InChI is InChI=1S/C26H68O8Si7/c1-16-20-37(8,9)32-38(10,11)21-18-23-41(15,33-39(12,13)30-35(2,3)4)34-40(14,31-36(5,6)7)22-17-19-29-25-26(28)24-27/h26-28H,16-25H2,1-15H3. The molecule has 0 fully saturated rings. The molecule has 8 nitrogen and oxygen atoms in total. The van der Waals surface area contributed by atoms with Crippen LogP contribution >= 0.6 is 0 Å². The normalized spacial score (nSPS) is 17.8. The molecule has 0 aromatic heterocycles. The Labute approximate surface area is 261 Å². The van der Waals surface area contributed by atoms with Crippen LogP contribution in [0.5, 0.6) is 0 Å². The molecule has 0 aromatic carbocycles. The van der Waals surface area contributed by atoms with Gasteiger partial charge in [-0.25, -0.2) is 0 Å². The lowest BCUT2D eigenvalue weighted by Crippen LogP contribution is -2.60. The summed E-state index contributed by atoms with van der Waals surface area (Å²) >= 11 is 0. The van der Waals surface area contributed by atoms with Crippen molar-refractivity contribution >= 4 is 59.0 Å². The molecular weight excluding hydrogens is 637 g/mol. The fourth-order valence-electron chi connectivity index (χ4n) is 5.68. The Kier molecular flexibility index (Phi) is 17.7. The maximum atomic E-state index is 9.61. The second-order valence-corrected chi connectivity index (χ2v) is 44.4. The van der Waals surface area contributed by atoms with E-state index in [0.717, 1.165) is 31.0 Å². The molecule has 0 bridgehead atoms. The lowest BCUT2D eigenvalue weighted by molar-refractivity contribution is 0.00623. The van der Waals surface area contributed by atoms with Crippen molar-refractivity contribution in [2.24, 2.45) is 0 Å². The first-order valence-corrected chi connectivity index (χ1v) is 36.5. The molecule has 0 radical (unpaired) electrons. The van der Waals surface area contributed by atoms with Gasteiger partial charge in [-0.05, 0) is 122 Å². The van der Waals surface area contributed by atoms with Gasteiger partial charge >= 0.3 is 25.7 Å². The fourth-order valence-corrected chi connectivity index (χ4v) is 38.8. The van der Waals surface area contributed by atoms with Crippen molar-refractivity contribution < 1.29 is 35.5 Å². The number of hydrogen-bond acceptors (Lipinski definition) is 8. The maximum absolute atomic E-state index is 9.61. The molecule has 15 heteroatoms. The van der Waals surface area contributed by atoms with Gasteiger partial charge in [0.25, 0.3) is 0 Å². The monoisotopic (exact) mass is 704 g/mol. The molecule has 0 aliphatic rings. The summed E-state index contributed by atoms with van der Waals surface area (Å²) in [6.07, 6.45) is 2.13. The Hall–Kier alpha value is 1.20. The van der Waals surface area contributed by atoms with Crippen LogP contribution < -0.4 is 0 Å². The van der Waals surface area contributed by atoms with E-state index in [9.17, 15) is 5.11 Å². The fraction of sp³-hybridized carbons (Fsp3) is 1.00. The van der Waals surface area contributed by atoms with E-state index < -0.39 is 65.1 Å². The van der Waals surface area contributed by atoms with E-state index in [1.807, 2.05) is 0 Å². The predicted molar refractivity (Wildman–Crippen MR) is 190 cm³/mol. The van der Waals surface area contributed by atoms with Crippen molar-refractivity contribution in [2.75, 3.05) is 19.8 Å². The average Bonchev–Trinajstić information content (AvgIpc) is 2.67. The van der Waals surface area contributed by atoms with Crippen molar-refractivity contribution in [1.82, 2.24) is 0 Å². The topological polar surface area (TPSA) is 95.8 Å². The molecule has 41 heavy (non-hydrogen) atoms. The molecule has 248 valence electrons. The molecular formula is C26H68O8Si7. The van der Waals surface area contributed by atoms with E-state index in [4.69, 9.17) is 30.4 Å². The Morgan fingerprint density at radius 1 is 0.561 bits per heavy atom. The first kappa shape index (κ1) is 42.2. The summed E-state index contributed by atoms with van der Waals surface area (Å²) < 4.78 is 40.3. The van der Waals surface area contributed by atoms with E-state index in [1.54, 1.807) is 0 Å². The summed E-state index contributed by atoms with van der Waals surface area (Å²) in [4.78, 5) is 0. The first-order chi connectivity index (χ1) is 18.3. The molecule has 0 rings (SSSR count). The predicted octanol–water partition coefficient (Wildman–Crippen LogP) is 7.56. The highest BCUT2D eigenvalue weighted by molar-refractivity contribution is 6.91. The van der Waals surface area contributed by atoms with Crippen LogP contribution in [0, 0.1) is 0 Å². The minimum absolute atomic E-state index is 0.133. The van der Waals surface area contributed by atoms with Crippen LogP contribution in [-0.4, -0.2) is 95.1 Å². The summed E-state index contributed by atoms with van der Waals surface area (Å²) in [5.74, 6) is 0. The van der Waals surface area contributed by atoms with Crippen LogP contribution in [0.25, 0.3) is 0 Å². The Morgan fingerprint density at radius 2 is 1.05 bits per heavy atom. The highest BCUT2D eigenvalue weighted by Crippen LogP contribution is 2.33. The van der Waals surface area contributed by atoms with Crippen LogP contribution in [-0.2, 0) is 25.3 Å². The zero-order valence-corrected chi connectivity index (χ0v) is 36.5. The summed E-state index contributed by atoms with van der Waals surface area (Å²) in [6, 6.07) is 3.98. The van der Waals surface area contributed by atoms with Gasteiger partial charge in [0.1, 0.15) is 6.10 Å². The second kappa shape index (κ2) is 17.2. The van der Waals surface area contributed by atoms with Crippen LogP contribution in [0.2, 0.25) is 116 Å². The summed E-state index contributed by atoms with van der Waals surface area (Å²) in [5.41, 5.74) is 0. The lowest BCUT2D eigenvalue weighted by Gasteiger charge is -2.44. The smallest absolute Gasteiger partial charge is 0.317 e. The number of rotatable bonds is 23. The SMILES string of the molecule is CCC[Si](C)(C)O[Si](C)(C)CCC[Si](C)(O[Si](C)(C)O[Si](C)(C)C)O[Si](C)(CCCOCC(O)CO)O[Si](C)(C)C. The molecule has 0 saturated heterocycles. The van der Waals surface area contributed by atoms with Gasteiger partial charge in [0.05, 0.1) is 13.2 Å². The van der Waals surface area contributed by atoms with E-state index in [1.165, 1.54) is 12.5 Å². The highest BCUT2D eigenvalue weighted by atomic mass is 28.5. The van der Waals surface area contributed by atoms with Crippen molar-refractivity contribution in [3.8, 4) is 0 Å². The third-order valence-corrected chi connectivity index (χ3v) is 32.2. The molecule has 2 N–H and O–H groups in total. The molecule has 0 aliphatic heterocycles. The van der Waals surface area contributed by atoms with Crippen LogP contribution in [0.15, 0.2) is 0 Å². The highest BCUT2D eigenvalue weighted by Gasteiger charge is 2.49. The third-order valence-electron chi connectivity index (χ3n) is 6.22. The van der Waals surface area contributed by atoms with Gasteiger partial charge in [0.15, 0.2) is 33.3 Å². The van der Waals surface area contributed by atoms with E-state index in [-0.39, 0.29) is 13.2 Å². The number of ether oxygens (including phenoxy) is 1. The summed E-state index contributed by atoms with van der Waals surface area (Å²) in [7, 11) is -15.0. The zero-order chi connectivity index (χ0) is 32.4. The third kappa shape index (κ3) is 21.5. The first-order valence-electron chi connectivity index (χ1n) is 15.6. The zero-order valence-electron chi connectivity index (χ0n) is 29.5. The summed E-state index contributed by atoms with van der Waals surface area (Å²) in [6.45, 7) is 34.1. The van der Waals surface area contributed by atoms with E-state index in [0.29, 0.717) is 6.61 Å². The van der Waals surface area contributed by atoms with Gasteiger partial charge in [-0.3, -0.25) is 0 Å². The van der Waals surface area contributed by atoms with Crippen molar-refractivity contribution in [3.63, 3.8) is 0 Å². The molecule has 0 amide bonds. The molecule has 0 spiro atoms. The lowest BCUT2D eigenvalue weighted by atomic mass is 10.4. The van der Waals surface area contributed by atoms with Crippen LogP contribution in [0.3, 0.4) is 0 Å². The minimum Gasteiger partial charge on any atom is -0.455 e. The summed E-state index contributed by atoms with van der Waals surface area (Å²) in [5, 5.41) is 18.7. The average molecular weight is 705 g/mol. The van der Waals surface area contributed by atoms with Gasteiger partial charge in [0.2, 0.25) is 0 Å². The largest absolute Gasteiger partial charge is 0.455 e. The van der Waals surface area contributed by atoms with Crippen LogP contribution in [0.1, 0.15) is 26.2 Å². The van der Waals surface area contributed by atoms with Crippen molar-refractivity contribution in [3.05, 3.63) is 0 Å². The van der Waals surface area contributed by atoms with E-state index in [2.05, 4.69) is 98.6 Å². The van der Waals surface area contributed by atoms with Crippen molar-refractivity contribution in [2.45, 2.75) is 148 Å². The molecule has 0 aliphatic carbocycles. The minimum atomic E-state index is -2.70. The Morgan fingerprint density at radius 3 is 1.54 bits per heavy atom. The van der Waals surface area contributed by atoms with Crippen LogP contribution in [0.4, 0.5) is 0 Å². The van der Waals surface area contributed by atoms with Crippen molar-refractivity contribution in [1.29, 1.82) is 0 Å². The van der Waals surface area contributed by atoms with Gasteiger partial charge in [0, 0.05) is 6.61 Å². The molecule has 0 saturated carbocycles. The maximum Gasteiger partial charge on any atom is 0.317 e. The number of aliphatic hydroxyl groups is 2. The molecule has 3 atom stereocenters. The van der Waals surface area contributed by atoms with E-state index >= 15 is 0 Å². The van der Waals surface area contributed by atoms with Gasteiger partial charge in [-0.15, -0.1) is 0 Å².